The predicted octanol–water partition coefficient (Wildman–Crippen LogP) is 4.72. The molecule has 140 valence electrons. The highest BCUT2D eigenvalue weighted by atomic mass is 35.5. The maximum atomic E-state index is 12.5. The van der Waals surface area contributed by atoms with E-state index in [0.717, 1.165) is 11.3 Å². The van der Waals surface area contributed by atoms with Crippen LogP contribution in [0.25, 0.3) is 0 Å². The topological polar surface area (TPSA) is 56.2 Å². The van der Waals surface area contributed by atoms with Gasteiger partial charge in [-0.25, -0.2) is 0 Å². The lowest BCUT2D eigenvalue weighted by molar-refractivity contribution is 0.0949. The number of para-hydroxylation sites is 1. The minimum absolute atomic E-state index is 0.186. The van der Waals surface area contributed by atoms with E-state index in [4.69, 9.17) is 27.9 Å². The molecule has 3 aromatic rings. The van der Waals surface area contributed by atoms with Crippen molar-refractivity contribution in [2.75, 3.05) is 0 Å². The molecule has 1 aromatic heterocycles. The third kappa shape index (κ3) is 4.81. The number of nitrogens with zero attached hydrogens (tertiary/aromatic N) is 2. The molecule has 0 radical (unpaired) electrons. The van der Waals surface area contributed by atoms with Crippen molar-refractivity contribution in [3.05, 3.63) is 81.6 Å². The number of carbonyl (C=O) groups is 1. The molecule has 5 nitrogen and oxygen atoms in total. The van der Waals surface area contributed by atoms with Crippen LogP contribution in [-0.2, 0) is 19.7 Å². The van der Waals surface area contributed by atoms with E-state index in [1.165, 1.54) is 0 Å². The lowest BCUT2D eigenvalue weighted by Gasteiger charge is -2.10. The Hall–Kier alpha value is -2.50. The van der Waals surface area contributed by atoms with Crippen LogP contribution in [0.15, 0.2) is 54.7 Å². The molecule has 0 aliphatic heterocycles. The molecule has 0 unspecified atom stereocenters. The van der Waals surface area contributed by atoms with Crippen molar-refractivity contribution in [1.82, 2.24) is 15.1 Å². The van der Waals surface area contributed by atoms with Crippen molar-refractivity contribution in [3.63, 3.8) is 0 Å². The second-order valence-corrected chi connectivity index (χ2v) is 6.67. The summed E-state index contributed by atoms with van der Waals surface area (Å²) in [4.78, 5) is 12.5. The van der Waals surface area contributed by atoms with Crippen molar-refractivity contribution >= 4 is 29.1 Å². The van der Waals surface area contributed by atoms with Gasteiger partial charge in [0, 0.05) is 12.1 Å². The van der Waals surface area contributed by atoms with Crippen LogP contribution in [0.4, 0.5) is 0 Å². The first-order valence-corrected chi connectivity index (χ1v) is 9.28. The van der Waals surface area contributed by atoms with E-state index >= 15 is 0 Å². The van der Waals surface area contributed by atoms with Gasteiger partial charge in [0.2, 0.25) is 0 Å². The van der Waals surface area contributed by atoms with Gasteiger partial charge in [0.1, 0.15) is 12.4 Å². The van der Waals surface area contributed by atoms with Crippen molar-refractivity contribution in [2.45, 2.75) is 26.6 Å². The zero-order valence-corrected chi connectivity index (χ0v) is 16.3. The summed E-state index contributed by atoms with van der Waals surface area (Å²) >= 11 is 12.2. The van der Waals surface area contributed by atoms with Crippen LogP contribution < -0.4 is 10.1 Å². The summed E-state index contributed by atoms with van der Waals surface area (Å²) in [6.45, 7) is 3.29. The Balaban J connectivity index is 1.63. The molecule has 0 spiro atoms. The fourth-order valence-electron chi connectivity index (χ4n) is 2.63. The normalized spacial score (nSPS) is 10.6. The largest absolute Gasteiger partial charge is 0.487 e. The smallest absolute Gasteiger partial charge is 0.251 e. The Labute approximate surface area is 167 Å². The first-order chi connectivity index (χ1) is 13.1. The molecule has 0 bridgehead atoms. The van der Waals surface area contributed by atoms with Crippen LogP contribution in [0, 0.1) is 0 Å². The number of nitrogens with one attached hydrogen (secondary N) is 1. The van der Waals surface area contributed by atoms with E-state index in [2.05, 4.69) is 10.4 Å². The number of benzene rings is 2. The average molecular weight is 404 g/mol. The molecule has 1 amide bonds. The van der Waals surface area contributed by atoms with Crippen molar-refractivity contribution in [3.8, 4) is 5.75 Å². The molecule has 1 heterocycles. The second-order valence-electron chi connectivity index (χ2n) is 5.86. The number of aryl methyl sites for hydroxylation is 1. The Bertz CT molecular complexity index is 940. The van der Waals surface area contributed by atoms with Gasteiger partial charge in [-0.3, -0.25) is 9.48 Å². The molecular formula is C20H19Cl2N3O2. The zero-order valence-electron chi connectivity index (χ0n) is 14.8. The van der Waals surface area contributed by atoms with Crippen molar-refractivity contribution in [2.24, 2.45) is 0 Å². The predicted molar refractivity (Wildman–Crippen MR) is 106 cm³/mol. The quantitative estimate of drug-likeness (QED) is 0.620. The fourth-order valence-corrected chi connectivity index (χ4v) is 3.03. The number of amides is 1. The van der Waals surface area contributed by atoms with Crippen LogP contribution in [0.3, 0.4) is 0 Å². The molecule has 27 heavy (non-hydrogen) atoms. The van der Waals surface area contributed by atoms with E-state index in [9.17, 15) is 4.79 Å². The van der Waals surface area contributed by atoms with Crippen LogP contribution in [-0.4, -0.2) is 15.7 Å². The maximum absolute atomic E-state index is 12.5. The van der Waals surface area contributed by atoms with E-state index < -0.39 is 0 Å². The van der Waals surface area contributed by atoms with Gasteiger partial charge in [-0.1, -0.05) is 47.5 Å². The number of rotatable bonds is 7. The fraction of sp³-hybridized carbons (Fsp3) is 0.200. The minimum Gasteiger partial charge on any atom is -0.487 e. The second kappa shape index (κ2) is 8.93. The van der Waals surface area contributed by atoms with Crippen LogP contribution in [0.1, 0.15) is 28.5 Å². The van der Waals surface area contributed by atoms with Gasteiger partial charge >= 0.3 is 0 Å². The molecule has 0 saturated carbocycles. The van der Waals surface area contributed by atoms with Gasteiger partial charge in [0.05, 0.1) is 28.5 Å². The Morgan fingerprint density at radius 1 is 1.15 bits per heavy atom. The number of aromatic nitrogens is 2. The first kappa shape index (κ1) is 19.3. The van der Waals surface area contributed by atoms with Crippen molar-refractivity contribution in [1.29, 1.82) is 0 Å². The highest BCUT2D eigenvalue weighted by Gasteiger charge is 2.11. The Morgan fingerprint density at radius 2 is 1.96 bits per heavy atom. The molecule has 7 heteroatoms. The summed E-state index contributed by atoms with van der Waals surface area (Å²) in [5.41, 5.74) is 2.21. The first-order valence-electron chi connectivity index (χ1n) is 8.53. The molecule has 0 aliphatic carbocycles. The highest BCUT2D eigenvalue weighted by molar-refractivity contribution is 6.32. The minimum atomic E-state index is -0.186. The van der Waals surface area contributed by atoms with Crippen LogP contribution in [0.2, 0.25) is 10.0 Å². The zero-order chi connectivity index (χ0) is 19.2. The summed E-state index contributed by atoms with van der Waals surface area (Å²) in [7, 11) is 0. The van der Waals surface area contributed by atoms with Gasteiger partial charge in [0.15, 0.2) is 0 Å². The standard InChI is InChI=1S/C20H19Cl2N3O2/c1-2-25-18(17(22)11-24-25)12-23-20(26)15-7-5-6-14(10-15)13-27-19-9-4-3-8-16(19)21/h3-11H,2,12-13H2,1H3,(H,23,26). The van der Waals surface area contributed by atoms with E-state index in [0.29, 0.717) is 41.1 Å². The highest BCUT2D eigenvalue weighted by Crippen LogP contribution is 2.24. The molecule has 3 rings (SSSR count). The Kier molecular flexibility index (Phi) is 6.37. The molecule has 0 aliphatic rings. The maximum Gasteiger partial charge on any atom is 0.251 e. The van der Waals surface area contributed by atoms with E-state index in [-0.39, 0.29) is 5.91 Å². The molecular weight excluding hydrogens is 385 g/mol. The number of hydrogen-bond donors (Lipinski definition) is 1. The third-order valence-electron chi connectivity index (χ3n) is 4.03. The lowest BCUT2D eigenvalue weighted by Crippen LogP contribution is -2.24. The summed E-state index contributed by atoms with van der Waals surface area (Å²) in [5, 5.41) is 8.14. The molecule has 0 atom stereocenters. The number of ether oxygens (including phenoxy) is 1. The monoisotopic (exact) mass is 403 g/mol. The van der Waals surface area contributed by atoms with E-state index in [1.54, 1.807) is 35.1 Å². The van der Waals surface area contributed by atoms with Gasteiger partial charge in [-0.2, -0.15) is 5.10 Å². The molecule has 1 N–H and O–H groups in total. The van der Waals surface area contributed by atoms with Gasteiger partial charge in [0.25, 0.3) is 5.91 Å². The molecule has 2 aromatic carbocycles. The molecule has 0 fully saturated rings. The summed E-state index contributed by atoms with van der Waals surface area (Å²) < 4.78 is 7.49. The van der Waals surface area contributed by atoms with Gasteiger partial charge in [-0.15, -0.1) is 0 Å². The summed E-state index contributed by atoms with van der Waals surface area (Å²) in [6, 6.07) is 14.6. The average Bonchev–Trinajstić information content (AvgIpc) is 3.05. The Morgan fingerprint density at radius 3 is 2.74 bits per heavy atom. The number of carbonyl (C=O) groups excluding carboxylic acids is 1. The van der Waals surface area contributed by atoms with Crippen molar-refractivity contribution < 1.29 is 9.53 Å². The number of hydrogen-bond acceptors (Lipinski definition) is 3. The SMILES string of the molecule is CCn1ncc(Cl)c1CNC(=O)c1cccc(COc2ccccc2Cl)c1. The van der Waals surface area contributed by atoms with Crippen LogP contribution >= 0.6 is 23.2 Å². The number of halogens is 2. The molecule has 0 saturated heterocycles. The van der Waals surface area contributed by atoms with Gasteiger partial charge < -0.3 is 10.1 Å². The van der Waals surface area contributed by atoms with Crippen LogP contribution in [0.5, 0.6) is 5.75 Å². The summed E-state index contributed by atoms with van der Waals surface area (Å²) in [5.74, 6) is 0.422. The summed E-state index contributed by atoms with van der Waals surface area (Å²) in [6.07, 6.45) is 1.58. The lowest BCUT2D eigenvalue weighted by atomic mass is 10.1. The third-order valence-corrected chi connectivity index (χ3v) is 4.66. The van der Waals surface area contributed by atoms with E-state index in [1.807, 2.05) is 31.2 Å². The van der Waals surface area contributed by atoms with Gasteiger partial charge in [-0.05, 0) is 36.8 Å².